The molecule has 5 rings (SSSR count). The van der Waals surface area contributed by atoms with Crippen molar-refractivity contribution in [1.29, 1.82) is 0 Å². The molecule has 6 nitrogen and oxygen atoms in total. The molecule has 0 N–H and O–H groups in total. The van der Waals surface area contributed by atoms with Crippen LogP contribution in [0.5, 0.6) is 11.5 Å². The molecule has 0 fully saturated rings. The molecule has 0 bridgehead atoms. The van der Waals surface area contributed by atoms with Gasteiger partial charge in [0.2, 0.25) is 5.78 Å². The summed E-state index contributed by atoms with van der Waals surface area (Å²) in [7, 11) is 1.46. The number of benzene rings is 3. The standard InChI is InChI=1S/C27H19FO6/c1-32-22-12-15(10-11-21(22)33-14-16-6-2-5-9-20(16)28)19-13-23(29)34-27-24(19)25(30)17-7-3-4-8-18(17)26(27)31/h2-12,19H,13-14H2,1H3. The Hall–Kier alpha value is -4.26. The second-order valence-electron chi connectivity index (χ2n) is 7.97. The number of esters is 1. The lowest BCUT2D eigenvalue weighted by Crippen LogP contribution is -2.32. The lowest BCUT2D eigenvalue weighted by Gasteiger charge is -2.30. The van der Waals surface area contributed by atoms with Crippen LogP contribution in [0.15, 0.2) is 78.1 Å². The van der Waals surface area contributed by atoms with E-state index in [0.717, 1.165) is 0 Å². The van der Waals surface area contributed by atoms with Crippen LogP contribution in [0, 0.1) is 5.82 Å². The van der Waals surface area contributed by atoms with Crippen molar-refractivity contribution in [2.75, 3.05) is 7.11 Å². The minimum Gasteiger partial charge on any atom is -0.493 e. The molecule has 0 saturated heterocycles. The van der Waals surface area contributed by atoms with Crippen LogP contribution < -0.4 is 9.47 Å². The molecule has 34 heavy (non-hydrogen) atoms. The summed E-state index contributed by atoms with van der Waals surface area (Å²) in [5.74, 6) is -1.98. The molecule has 1 aliphatic heterocycles. The highest BCUT2D eigenvalue weighted by Crippen LogP contribution is 2.43. The fourth-order valence-corrected chi connectivity index (χ4v) is 4.29. The van der Waals surface area contributed by atoms with Gasteiger partial charge in [-0.2, -0.15) is 0 Å². The summed E-state index contributed by atoms with van der Waals surface area (Å²) in [4.78, 5) is 38.7. The molecule has 0 amide bonds. The van der Waals surface area contributed by atoms with Crippen LogP contribution in [0.2, 0.25) is 0 Å². The predicted molar refractivity (Wildman–Crippen MR) is 119 cm³/mol. The number of Topliss-reactive ketones (excluding diaryl/α,β-unsaturated/α-hetero) is 2. The van der Waals surface area contributed by atoms with E-state index in [1.807, 2.05) is 0 Å². The van der Waals surface area contributed by atoms with Gasteiger partial charge in [0.25, 0.3) is 0 Å². The Labute approximate surface area is 194 Å². The smallest absolute Gasteiger partial charge is 0.312 e. The predicted octanol–water partition coefficient (Wildman–Crippen LogP) is 4.78. The number of rotatable bonds is 5. The maximum Gasteiger partial charge on any atom is 0.312 e. The van der Waals surface area contributed by atoms with E-state index < -0.39 is 17.7 Å². The van der Waals surface area contributed by atoms with Crippen LogP contribution in [0.25, 0.3) is 0 Å². The minimum atomic E-state index is -0.685. The largest absolute Gasteiger partial charge is 0.493 e. The van der Waals surface area contributed by atoms with E-state index in [1.54, 1.807) is 60.7 Å². The van der Waals surface area contributed by atoms with Crippen molar-refractivity contribution in [2.24, 2.45) is 0 Å². The van der Waals surface area contributed by atoms with Crippen molar-refractivity contribution in [1.82, 2.24) is 0 Å². The topological polar surface area (TPSA) is 78.9 Å². The van der Waals surface area contributed by atoms with Crippen LogP contribution in [0.4, 0.5) is 4.39 Å². The van der Waals surface area contributed by atoms with Gasteiger partial charge in [0.1, 0.15) is 12.4 Å². The third-order valence-corrected chi connectivity index (χ3v) is 5.98. The normalized spacial score (nSPS) is 17.1. The monoisotopic (exact) mass is 458 g/mol. The molecule has 1 atom stereocenters. The van der Waals surface area contributed by atoms with Crippen LogP contribution in [0.3, 0.4) is 0 Å². The number of ether oxygens (including phenoxy) is 3. The zero-order valence-electron chi connectivity index (χ0n) is 18.2. The van der Waals surface area contributed by atoms with Crippen LogP contribution >= 0.6 is 0 Å². The minimum absolute atomic E-state index is 0.00277. The number of hydrogen-bond donors (Lipinski definition) is 0. The Morgan fingerprint density at radius 2 is 1.62 bits per heavy atom. The molecule has 1 aliphatic carbocycles. The summed E-state index contributed by atoms with van der Waals surface area (Å²) in [5.41, 5.74) is 1.65. The number of fused-ring (bicyclic) bond motifs is 1. The van der Waals surface area contributed by atoms with Gasteiger partial charge in [-0.3, -0.25) is 14.4 Å². The number of ketones is 2. The van der Waals surface area contributed by atoms with Gasteiger partial charge in [0.15, 0.2) is 23.0 Å². The van der Waals surface area contributed by atoms with Crippen LogP contribution in [-0.4, -0.2) is 24.6 Å². The van der Waals surface area contributed by atoms with Crippen molar-refractivity contribution in [3.8, 4) is 11.5 Å². The quantitative estimate of drug-likeness (QED) is 0.512. The average Bonchev–Trinajstić information content (AvgIpc) is 2.86. The van der Waals surface area contributed by atoms with Crippen molar-refractivity contribution in [3.63, 3.8) is 0 Å². The first-order chi connectivity index (χ1) is 16.5. The van der Waals surface area contributed by atoms with Crippen molar-refractivity contribution in [2.45, 2.75) is 18.9 Å². The average molecular weight is 458 g/mol. The van der Waals surface area contributed by atoms with Crippen LogP contribution in [-0.2, 0) is 16.1 Å². The summed E-state index contributed by atoms with van der Waals surface area (Å²) in [5, 5.41) is 0. The molecular formula is C27H19FO6. The summed E-state index contributed by atoms with van der Waals surface area (Å²) in [6.07, 6.45) is -0.0986. The second kappa shape index (κ2) is 8.59. The first-order valence-electron chi connectivity index (χ1n) is 10.7. The SMILES string of the molecule is COc1cc(C2CC(=O)OC3=C2C(=O)c2ccccc2C3=O)ccc1OCc1ccccc1F. The first kappa shape index (κ1) is 21.6. The number of carbonyl (C=O) groups excluding carboxylic acids is 3. The molecular weight excluding hydrogens is 439 g/mol. The summed E-state index contributed by atoms with van der Waals surface area (Å²) in [6, 6.07) is 17.8. The maximum absolute atomic E-state index is 13.9. The number of allylic oxidation sites excluding steroid dienone is 2. The molecule has 1 heterocycles. The zero-order chi connectivity index (χ0) is 23.8. The van der Waals surface area contributed by atoms with Crippen molar-refractivity contribution >= 4 is 17.5 Å². The van der Waals surface area contributed by atoms with Gasteiger partial charge in [0.05, 0.1) is 19.1 Å². The van der Waals surface area contributed by atoms with Gasteiger partial charge < -0.3 is 14.2 Å². The lowest BCUT2D eigenvalue weighted by molar-refractivity contribution is -0.140. The van der Waals surface area contributed by atoms with E-state index in [1.165, 1.54) is 13.2 Å². The Kier molecular flexibility index (Phi) is 5.45. The summed E-state index contributed by atoms with van der Waals surface area (Å²) < 4.78 is 30.4. The Morgan fingerprint density at radius 3 is 2.35 bits per heavy atom. The van der Waals surface area contributed by atoms with Gasteiger partial charge in [-0.25, -0.2) is 4.39 Å². The Balaban J connectivity index is 1.50. The number of halogens is 1. The van der Waals surface area contributed by atoms with Gasteiger partial charge in [0, 0.05) is 22.6 Å². The molecule has 170 valence electrons. The third kappa shape index (κ3) is 3.65. The van der Waals surface area contributed by atoms with Gasteiger partial charge in [-0.05, 0) is 23.8 Å². The molecule has 0 saturated carbocycles. The number of carbonyl (C=O) groups is 3. The number of methoxy groups -OCH3 is 1. The van der Waals surface area contributed by atoms with Crippen LogP contribution in [0.1, 0.15) is 44.2 Å². The molecule has 3 aromatic rings. The molecule has 2 aliphatic rings. The molecule has 0 radical (unpaired) electrons. The first-order valence-corrected chi connectivity index (χ1v) is 10.7. The van der Waals surface area contributed by atoms with Gasteiger partial charge in [-0.1, -0.05) is 48.5 Å². The Morgan fingerprint density at radius 1 is 0.912 bits per heavy atom. The van der Waals surface area contributed by atoms with Crippen molar-refractivity contribution < 1.29 is 33.0 Å². The zero-order valence-corrected chi connectivity index (χ0v) is 18.2. The summed E-state index contributed by atoms with van der Waals surface area (Å²) >= 11 is 0. The fourth-order valence-electron chi connectivity index (χ4n) is 4.29. The van der Waals surface area contributed by atoms with E-state index in [9.17, 15) is 18.8 Å². The third-order valence-electron chi connectivity index (χ3n) is 5.98. The van der Waals surface area contributed by atoms with E-state index in [4.69, 9.17) is 14.2 Å². The molecule has 7 heteroatoms. The molecule has 1 unspecified atom stereocenters. The maximum atomic E-state index is 13.9. The van der Waals surface area contributed by atoms with Gasteiger partial charge >= 0.3 is 5.97 Å². The van der Waals surface area contributed by atoms with Gasteiger partial charge in [-0.15, -0.1) is 0 Å². The highest BCUT2D eigenvalue weighted by molar-refractivity contribution is 6.27. The van der Waals surface area contributed by atoms with E-state index in [0.29, 0.717) is 22.6 Å². The highest BCUT2D eigenvalue weighted by Gasteiger charge is 2.43. The summed E-state index contributed by atoms with van der Waals surface area (Å²) in [6.45, 7) is -0.00277. The molecule has 0 spiro atoms. The van der Waals surface area contributed by atoms with E-state index in [2.05, 4.69) is 0 Å². The van der Waals surface area contributed by atoms with E-state index >= 15 is 0 Å². The second-order valence-corrected chi connectivity index (χ2v) is 7.97. The fraction of sp³-hybridized carbons (Fsp3) is 0.148. The number of hydrogen-bond acceptors (Lipinski definition) is 6. The Bertz CT molecular complexity index is 1370. The molecule has 3 aromatic carbocycles. The van der Waals surface area contributed by atoms with E-state index in [-0.39, 0.29) is 47.1 Å². The highest BCUT2D eigenvalue weighted by atomic mass is 19.1. The van der Waals surface area contributed by atoms with Crippen molar-refractivity contribution in [3.05, 3.63) is 106 Å². The lowest BCUT2D eigenvalue weighted by atomic mass is 9.77. The molecule has 0 aromatic heterocycles.